The topological polar surface area (TPSA) is 38.5 Å². The lowest BCUT2D eigenvalue weighted by Gasteiger charge is -2.33. The first-order valence-corrected chi connectivity index (χ1v) is 5.48. The maximum absolute atomic E-state index is 5.90. The Balaban J connectivity index is 2.24. The van der Waals surface area contributed by atoms with Gasteiger partial charge in [0.05, 0.1) is 12.2 Å². The van der Waals surface area contributed by atoms with Gasteiger partial charge in [-0.05, 0) is 24.6 Å². The number of hydrogen-bond acceptors (Lipinski definition) is 3. The average molecular weight is 206 g/mol. The van der Waals surface area contributed by atoms with Crippen LogP contribution in [-0.2, 0) is 0 Å². The number of likely N-dealkylation sites (N-methyl/N-ethyl adjacent to an activating group) is 1. The van der Waals surface area contributed by atoms with Crippen LogP contribution in [-0.4, -0.2) is 19.7 Å². The molecule has 1 atom stereocenters. The minimum atomic E-state index is 0.316. The van der Waals surface area contributed by atoms with Crippen molar-refractivity contribution < 1.29 is 4.74 Å². The van der Waals surface area contributed by atoms with Gasteiger partial charge in [-0.3, -0.25) is 0 Å². The lowest BCUT2D eigenvalue weighted by atomic mass is 10.1. The highest BCUT2D eigenvalue weighted by molar-refractivity contribution is 5.65. The van der Waals surface area contributed by atoms with E-state index < -0.39 is 0 Å². The van der Waals surface area contributed by atoms with E-state index in [0.29, 0.717) is 6.10 Å². The van der Waals surface area contributed by atoms with E-state index in [-0.39, 0.29) is 0 Å². The Kier molecular flexibility index (Phi) is 2.71. The first-order chi connectivity index (χ1) is 7.20. The maximum Gasteiger partial charge on any atom is 0.143 e. The van der Waals surface area contributed by atoms with Crippen molar-refractivity contribution in [3.8, 4) is 5.75 Å². The molecule has 0 aliphatic carbocycles. The zero-order chi connectivity index (χ0) is 10.8. The summed E-state index contributed by atoms with van der Waals surface area (Å²) in [7, 11) is 2.09. The standard InChI is InChI=1S/C12H18N2O/c1-3-4-10-8-14(2)11-7-9(13)5-6-12(11)15-10/h5-7,10H,3-4,8,13H2,1-2H3. The van der Waals surface area contributed by atoms with Gasteiger partial charge in [-0.1, -0.05) is 13.3 Å². The van der Waals surface area contributed by atoms with Crippen molar-refractivity contribution in [2.45, 2.75) is 25.9 Å². The first-order valence-electron chi connectivity index (χ1n) is 5.48. The second-order valence-corrected chi connectivity index (χ2v) is 4.14. The van der Waals surface area contributed by atoms with Crippen LogP contribution in [0.5, 0.6) is 5.75 Å². The Morgan fingerprint density at radius 1 is 1.53 bits per heavy atom. The molecule has 0 spiro atoms. The van der Waals surface area contributed by atoms with Crippen molar-refractivity contribution in [2.24, 2.45) is 0 Å². The van der Waals surface area contributed by atoms with Crippen molar-refractivity contribution in [3.63, 3.8) is 0 Å². The number of nitrogen functional groups attached to an aromatic ring is 1. The number of benzene rings is 1. The van der Waals surface area contributed by atoms with E-state index in [0.717, 1.165) is 36.5 Å². The molecule has 0 saturated carbocycles. The number of hydrogen-bond donors (Lipinski definition) is 1. The molecule has 0 amide bonds. The number of ether oxygens (including phenoxy) is 1. The third-order valence-electron chi connectivity index (χ3n) is 2.78. The monoisotopic (exact) mass is 206 g/mol. The van der Waals surface area contributed by atoms with Gasteiger partial charge in [-0.2, -0.15) is 0 Å². The second-order valence-electron chi connectivity index (χ2n) is 4.14. The predicted octanol–water partition coefficient (Wildman–Crippen LogP) is 2.27. The minimum absolute atomic E-state index is 0.316. The Labute approximate surface area is 90.8 Å². The molecule has 1 aliphatic rings. The summed E-state index contributed by atoms with van der Waals surface area (Å²) in [4.78, 5) is 2.22. The molecule has 1 aromatic carbocycles. The molecule has 2 rings (SSSR count). The summed E-state index contributed by atoms with van der Waals surface area (Å²) in [6, 6.07) is 5.82. The summed E-state index contributed by atoms with van der Waals surface area (Å²) >= 11 is 0. The highest BCUT2D eigenvalue weighted by atomic mass is 16.5. The summed E-state index contributed by atoms with van der Waals surface area (Å²) < 4.78 is 5.90. The molecular formula is C12H18N2O. The van der Waals surface area contributed by atoms with Crippen LogP contribution in [0.25, 0.3) is 0 Å². The van der Waals surface area contributed by atoms with Gasteiger partial charge < -0.3 is 15.4 Å². The molecule has 0 radical (unpaired) electrons. The number of rotatable bonds is 2. The van der Waals surface area contributed by atoms with Gasteiger partial charge in [0.15, 0.2) is 0 Å². The zero-order valence-electron chi connectivity index (χ0n) is 9.36. The number of nitrogens with zero attached hydrogens (tertiary/aromatic N) is 1. The average Bonchev–Trinajstić information content (AvgIpc) is 2.20. The van der Waals surface area contributed by atoms with Gasteiger partial charge in [-0.15, -0.1) is 0 Å². The molecular weight excluding hydrogens is 188 g/mol. The van der Waals surface area contributed by atoms with E-state index in [2.05, 4.69) is 18.9 Å². The van der Waals surface area contributed by atoms with Gasteiger partial charge >= 0.3 is 0 Å². The van der Waals surface area contributed by atoms with Gasteiger partial charge in [0.1, 0.15) is 11.9 Å². The summed E-state index contributed by atoms with van der Waals surface area (Å²) in [5.74, 6) is 0.955. The molecule has 3 nitrogen and oxygen atoms in total. The summed E-state index contributed by atoms with van der Waals surface area (Å²) in [6.45, 7) is 3.13. The lowest BCUT2D eigenvalue weighted by Crippen LogP contribution is -2.37. The Hall–Kier alpha value is -1.38. The van der Waals surface area contributed by atoms with Crippen LogP contribution in [0, 0.1) is 0 Å². The zero-order valence-corrected chi connectivity index (χ0v) is 9.36. The van der Waals surface area contributed by atoms with Gasteiger partial charge in [-0.25, -0.2) is 0 Å². The SMILES string of the molecule is CCCC1CN(C)c2cc(N)ccc2O1. The fraction of sp³-hybridized carbons (Fsp3) is 0.500. The molecule has 2 N–H and O–H groups in total. The van der Waals surface area contributed by atoms with E-state index in [1.165, 1.54) is 0 Å². The molecule has 0 saturated heterocycles. The predicted molar refractivity (Wildman–Crippen MR) is 63.4 cm³/mol. The summed E-state index contributed by atoms with van der Waals surface area (Å²) in [5.41, 5.74) is 7.64. The lowest BCUT2D eigenvalue weighted by molar-refractivity contribution is 0.185. The van der Waals surface area contributed by atoms with Crippen molar-refractivity contribution in [2.75, 3.05) is 24.2 Å². The molecule has 1 aromatic rings. The number of fused-ring (bicyclic) bond motifs is 1. The van der Waals surface area contributed by atoms with Gasteiger partial charge in [0.2, 0.25) is 0 Å². The second kappa shape index (κ2) is 4.01. The van der Waals surface area contributed by atoms with Gasteiger partial charge in [0.25, 0.3) is 0 Å². The van der Waals surface area contributed by atoms with E-state index in [1.54, 1.807) is 0 Å². The van der Waals surface area contributed by atoms with Crippen molar-refractivity contribution in [3.05, 3.63) is 18.2 Å². The van der Waals surface area contributed by atoms with Crippen LogP contribution in [0.1, 0.15) is 19.8 Å². The van der Waals surface area contributed by atoms with E-state index >= 15 is 0 Å². The quantitative estimate of drug-likeness (QED) is 0.754. The molecule has 0 aromatic heterocycles. The molecule has 1 heterocycles. The van der Waals surface area contributed by atoms with Crippen LogP contribution in [0.2, 0.25) is 0 Å². The molecule has 1 unspecified atom stereocenters. The Bertz CT molecular complexity index is 351. The third kappa shape index (κ3) is 2.01. The number of anilines is 2. The Morgan fingerprint density at radius 3 is 3.07 bits per heavy atom. The highest BCUT2D eigenvalue weighted by Gasteiger charge is 2.22. The molecule has 3 heteroatoms. The molecule has 15 heavy (non-hydrogen) atoms. The highest BCUT2D eigenvalue weighted by Crippen LogP contribution is 2.34. The molecule has 0 fully saturated rings. The van der Waals surface area contributed by atoms with Crippen LogP contribution < -0.4 is 15.4 Å². The molecule has 1 aliphatic heterocycles. The van der Waals surface area contributed by atoms with Crippen LogP contribution >= 0.6 is 0 Å². The Morgan fingerprint density at radius 2 is 2.33 bits per heavy atom. The largest absolute Gasteiger partial charge is 0.486 e. The molecule has 0 bridgehead atoms. The normalized spacial score (nSPS) is 19.6. The van der Waals surface area contributed by atoms with E-state index in [9.17, 15) is 0 Å². The maximum atomic E-state index is 5.90. The fourth-order valence-electron chi connectivity index (χ4n) is 2.03. The summed E-state index contributed by atoms with van der Waals surface area (Å²) in [5, 5.41) is 0. The smallest absolute Gasteiger partial charge is 0.143 e. The minimum Gasteiger partial charge on any atom is -0.486 e. The van der Waals surface area contributed by atoms with Gasteiger partial charge in [0, 0.05) is 12.7 Å². The van der Waals surface area contributed by atoms with Crippen molar-refractivity contribution in [1.29, 1.82) is 0 Å². The van der Waals surface area contributed by atoms with Crippen molar-refractivity contribution >= 4 is 11.4 Å². The molecule has 82 valence electrons. The summed E-state index contributed by atoms with van der Waals surface area (Å²) in [6.07, 6.45) is 2.58. The van der Waals surface area contributed by atoms with E-state index in [1.807, 2.05) is 18.2 Å². The number of nitrogens with two attached hydrogens (primary N) is 1. The van der Waals surface area contributed by atoms with Crippen molar-refractivity contribution in [1.82, 2.24) is 0 Å². The third-order valence-corrected chi connectivity index (χ3v) is 2.78. The van der Waals surface area contributed by atoms with Crippen LogP contribution in [0.3, 0.4) is 0 Å². The van der Waals surface area contributed by atoms with Crippen LogP contribution in [0.15, 0.2) is 18.2 Å². The van der Waals surface area contributed by atoms with Crippen LogP contribution in [0.4, 0.5) is 11.4 Å². The van der Waals surface area contributed by atoms with E-state index in [4.69, 9.17) is 10.5 Å². The first kappa shape index (κ1) is 10.1. The fourth-order valence-corrected chi connectivity index (χ4v) is 2.03.